The summed E-state index contributed by atoms with van der Waals surface area (Å²) >= 11 is 3.38. The van der Waals surface area contributed by atoms with E-state index in [0.717, 1.165) is 15.9 Å². The molecule has 0 aromatic heterocycles. The second-order valence-electron chi connectivity index (χ2n) is 6.17. The van der Waals surface area contributed by atoms with Crippen LogP contribution in [0.4, 0.5) is 11.4 Å². The molecule has 0 radical (unpaired) electrons. The quantitative estimate of drug-likeness (QED) is 0.752. The van der Waals surface area contributed by atoms with E-state index in [4.69, 9.17) is 9.47 Å². The van der Waals surface area contributed by atoms with Crippen molar-refractivity contribution in [3.63, 3.8) is 0 Å². The number of hydrogen-bond donors (Lipinski definition) is 1. The summed E-state index contributed by atoms with van der Waals surface area (Å²) < 4.78 is 11.5. The smallest absolute Gasteiger partial charge is 0.229 e. The first kappa shape index (κ1) is 19.2. The van der Waals surface area contributed by atoms with Gasteiger partial charge in [-0.15, -0.1) is 0 Å². The van der Waals surface area contributed by atoms with Crippen LogP contribution in [0, 0.1) is 5.92 Å². The van der Waals surface area contributed by atoms with Crippen LogP contribution in [0.3, 0.4) is 0 Å². The van der Waals surface area contributed by atoms with Gasteiger partial charge in [0.2, 0.25) is 11.8 Å². The van der Waals surface area contributed by atoms with E-state index in [2.05, 4.69) is 21.2 Å². The van der Waals surface area contributed by atoms with E-state index >= 15 is 0 Å². The lowest BCUT2D eigenvalue weighted by atomic mass is 10.1. The lowest BCUT2D eigenvalue weighted by Gasteiger charge is -2.17. The fourth-order valence-electron chi connectivity index (χ4n) is 3.00. The van der Waals surface area contributed by atoms with Crippen LogP contribution in [-0.4, -0.2) is 32.1 Å². The third-order valence-electron chi connectivity index (χ3n) is 4.37. The van der Waals surface area contributed by atoms with Crippen LogP contribution in [0.5, 0.6) is 11.5 Å². The van der Waals surface area contributed by atoms with Crippen molar-refractivity contribution < 1.29 is 19.1 Å². The van der Waals surface area contributed by atoms with Crippen LogP contribution in [0.2, 0.25) is 0 Å². The molecule has 1 N–H and O–H groups in total. The average Bonchev–Trinajstić information content (AvgIpc) is 3.06. The number of amides is 2. The van der Waals surface area contributed by atoms with Crippen molar-refractivity contribution in [2.45, 2.75) is 13.3 Å². The number of benzene rings is 2. The minimum Gasteiger partial charge on any atom is -0.495 e. The Bertz CT molecular complexity index is 838. The summed E-state index contributed by atoms with van der Waals surface area (Å²) in [5.74, 6) is 0.741. The van der Waals surface area contributed by atoms with Gasteiger partial charge in [-0.3, -0.25) is 9.59 Å². The monoisotopic (exact) mass is 432 g/mol. The number of carbonyl (C=O) groups is 2. The molecule has 1 aliphatic rings. The van der Waals surface area contributed by atoms with Gasteiger partial charge < -0.3 is 19.7 Å². The minimum atomic E-state index is -0.404. The average molecular weight is 433 g/mol. The maximum Gasteiger partial charge on any atom is 0.229 e. The molecule has 2 aromatic rings. The zero-order valence-electron chi connectivity index (χ0n) is 15.2. The largest absolute Gasteiger partial charge is 0.495 e. The molecule has 6 nitrogen and oxygen atoms in total. The first-order valence-electron chi connectivity index (χ1n) is 8.69. The van der Waals surface area contributed by atoms with Gasteiger partial charge in [-0.25, -0.2) is 0 Å². The Kier molecular flexibility index (Phi) is 6.01. The molecule has 1 aliphatic heterocycles. The number of halogens is 1. The lowest BCUT2D eigenvalue weighted by Crippen LogP contribution is -2.28. The van der Waals surface area contributed by atoms with Crippen molar-refractivity contribution in [3.8, 4) is 11.5 Å². The van der Waals surface area contributed by atoms with E-state index in [0.29, 0.717) is 24.6 Å². The standard InChI is InChI=1S/C20H21BrN2O4/c1-3-27-16-7-5-15(6-8-16)23-12-13(10-19(23)24)20(25)22-14-4-9-17(21)18(11-14)26-2/h4-9,11,13H,3,10,12H2,1-2H3,(H,22,25). The summed E-state index contributed by atoms with van der Waals surface area (Å²) in [4.78, 5) is 26.6. The van der Waals surface area contributed by atoms with Crippen molar-refractivity contribution in [1.82, 2.24) is 0 Å². The topological polar surface area (TPSA) is 67.9 Å². The zero-order chi connectivity index (χ0) is 19.4. The van der Waals surface area contributed by atoms with Gasteiger partial charge in [0.05, 0.1) is 24.1 Å². The highest BCUT2D eigenvalue weighted by molar-refractivity contribution is 9.10. The van der Waals surface area contributed by atoms with Crippen LogP contribution in [0.1, 0.15) is 13.3 Å². The normalized spacial score (nSPS) is 16.3. The number of nitrogens with zero attached hydrogens (tertiary/aromatic N) is 1. The highest BCUT2D eigenvalue weighted by atomic mass is 79.9. The van der Waals surface area contributed by atoms with Crippen LogP contribution in [-0.2, 0) is 9.59 Å². The Morgan fingerprint density at radius 3 is 2.67 bits per heavy atom. The van der Waals surface area contributed by atoms with Gasteiger partial charge in [0.15, 0.2) is 0 Å². The number of carbonyl (C=O) groups excluding carboxylic acids is 2. The van der Waals surface area contributed by atoms with Crippen LogP contribution < -0.4 is 19.7 Å². The summed E-state index contributed by atoms with van der Waals surface area (Å²) in [5.41, 5.74) is 1.40. The lowest BCUT2D eigenvalue weighted by molar-refractivity contribution is -0.122. The van der Waals surface area contributed by atoms with Gasteiger partial charge >= 0.3 is 0 Å². The molecular weight excluding hydrogens is 412 g/mol. The molecule has 2 amide bonds. The van der Waals surface area contributed by atoms with Crippen LogP contribution >= 0.6 is 15.9 Å². The van der Waals surface area contributed by atoms with Crippen molar-refractivity contribution in [2.24, 2.45) is 5.92 Å². The number of anilines is 2. The Hall–Kier alpha value is -2.54. The molecule has 0 aliphatic carbocycles. The van der Waals surface area contributed by atoms with E-state index < -0.39 is 5.92 Å². The van der Waals surface area contributed by atoms with Crippen LogP contribution in [0.15, 0.2) is 46.9 Å². The molecular formula is C20H21BrN2O4. The number of ether oxygens (including phenoxy) is 2. The second-order valence-corrected chi connectivity index (χ2v) is 7.03. The molecule has 1 fully saturated rings. The predicted octanol–water partition coefficient (Wildman–Crippen LogP) is 3.85. The van der Waals surface area contributed by atoms with Crippen molar-refractivity contribution in [2.75, 3.05) is 30.5 Å². The van der Waals surface area contributed by atoms with E-state index in [-0.39, 0.29) is 18.2 Å². The Labute approximate surface area is 166 Å². The molecule has 0 saturated carbocycles. The van der Waals surface area contributed by atoms with Gasteiger partial charge in [0, 0.05) is 30.4 Å². The number of hydrogen-bond acceptors (Lipinski definition) is 4. The minimum absolute atomic E-state index is 0.0623. The highest BCUT2D eigenvalue weighted by Crippen LogP contribution is 2.30. The summed E-state index contributed by atoms with van der Waals surface area (Å²) in [5, 5.41) is 2.87. The number of methoxy groups -OCH3 is 1. The van der Waals surface area contributed by atoms with E-state index in [9.17, 15) is 9.59 Å². The Balaban J connectivity index is 1.66. The second kappa shape index (κ2) is 8.43. The maximum absolute atomic E-state index is 12.6. The Morgan fingerprint density at radius 2 is 2.00 bits per heavy atom. The fraction of sp³-hybridized carbons (Fsp3) is 0.300. The van der Waals surface area contributed by atoms with Gasteiger partial charge in [-0.2, -0.15) is 0 Å². The third-order valence-corrected chi connectivity index (χ3v) is 5.03. The summed E-state index contributed by atoms with van der Waals surface area (Å²) in [6.07, 6.45) is 0.187. The molecule has 0 spiro atoms. The summed E-state index contributed by atoms with van der Waals surface area (Å²) in [7, 11) is 1.57. The molecule has 0 bridgehead atoms. The number of nitrogens with one attached hydrogen (secondary N) is 1. The predicted molar refractivity (Wildman–Crippen MR) is 107 cm³/mol. The molecule has 1 saturated heterocycles. The molecule has 1 atom stereocenters. The van der Waals surface area contributed by atoms with Gasteiger partial charge in [0.25, 0.3) is 0 Å². The van der Waals surface area contributed by atoms with Crippen molar-refractivity contribution >= 4 is 39.1 Å². The molecule has 3 rings (SSSR count). The van der Waals surface area contributed by atoms with Crippen LogP contribution in [0.25, 0.3) is 0 Å². The zero-order valence-corrected chi connectivity index (χ0v) is 16.8. The maximum atomic E-state index is 12.6. The van der Waals surface area contributed by atoms with E-state index in [1.807, 2.05) is 31.2 Å². The molecule has 2 aromatic carbocycles. The van der Waals surface area contributed by atoms with Crippen molar-refractivity contribution in [1.29, 1.82) is 0 Å². The van der Waals surface area contributed by atoms with Gasteiger partial charge in [-0.1, -0.05) is 0 Å². The molecule has 7 heteroatoms. The fourth-order valence-corrected chi connectivity index (χ4v) is 3.41. The number of rotatable bonds is 6. The summed E-state index contributed by atoms with van der Waals surface area (Å²) in [6, 6.07) is 12.7. The first-order valence-corrected chi connectivity index (χ1v) is 9.48. The molecule has 27 heavy (non-hydrogen) atoms. The van der Waals surface area contributed by atoms with E-state index in [1.54, 1.807) is 30.2 Å². The van der Waals surface area contributed by atoms with Gasteiger partial charge in [-0.05, 0) is 59.3 Å². The molecule has 1 heterocycles. The summed E-state index contributed by atoms with van der Waals surface area (Å²) in [6.45, 7) is 2.86. The van der Waals surface area contributed by atoms with E-state index in [1.165, 1.54) is 0 Å². The molecule has 1 unspecified atom stereocenters. The van der Waals surface area contributed by atoms with Gasteiger partial charge in [0.1, 0.15) is 11.5 Å². The highest BCUT2D eigenvalue weighted by Gasteiger charge is 2.35. The Morgan fingerprint density at radius 1 is 1.26 bits per heavy atom. The van der Waals surface area contributed by atoms with Crippen molar-refractivity contribution in [3.05, 3.63) is 46.9 Å². The first-order chi connectivity index (χ1) is 13.0. The molecule has 142 valence electrons. The SMILES string of the molecule is CCOc1ccc(N2CC(C(=O)Nc3ccc(Br)c(OC)c3)CC2=O)cc1. The third kappa shape index (κ3) is 4.42.